The fraction of sp³-hybridized carbons (Fsp3) is 0.583. The maximum absolute atomic E-state index is 13.4. The predicted molar refractivity (Wildman–Crippen MR) is 120 cm³/mol. The molecule has 0 unspecified atom stereocenters. The topological polar surface area (TPSA) is 37.4 Å². The van der Waals surface area contributed by atoms with Gasteiger partial charge in [-0.15, -0.1) is 11.3 Å². The third-order valence-electron chi connectivity index (χ3n) is 6.05. The number of hydrogen-bond donors (Lipinski definition) is 0. The Morgan fingerprint density at radius 1 is 1.11 bits per heavy atom. The van der Waals surface area contributed by atoms with Gasteiger partial charge in [-0.2, -0.15) is 0 Å². The van der Waals surface area contributed by atoms with Gasteiger partial charge in [0.15, 0.2) is 5.78 Å². The molecule has 4 heteroatoms. The third-order valence-corrected chi connectivity index (χ3v) is 7.26. The number of rotatable bonds is 10. The van der Waals surface area contributed by atoms with Crippen molar-refractivity contribution in [1.29, 1.82) is 0 Å². The Hall–Kier alpha value is -1.68. The molecule has 1 amide bonds. The molecule has 154 valence electrons. The van der Waals surface area contributed by atoms with Crippen molar-refractivity contribution in [3.05, 3.63) is 34.7 Å². The van der Waals surface area contributed by atoms with E-state index in [2.05, 4.69) is 33.8 Å². The standard InChI is InChI=1S/C24H35NO2S/c1-7-24(6,8-2)23(27)22-19(18-12-10-11-13-20(18)28-22)16-21(26)25(9-3)15-14-17(4)5/h10-13,17H,7-9,14-16H2,1-6H3. The molecule has 0 fully saturated rings. The molecular weight excluding hydrogens is 366 g/mol. The monoisotopic (exact) mass is 401 g/mol. The van der Waals surface area contributed by atoms with Crippen molar-refractivity contribution in [2.75, 3.05) is 13.1 Å². The van der Waals surface area contributed by atoms with E-state index >= 15 is 0 Å². The van der Waals surface area contributed by atoms with E-state index in [0.717, 1.165) is 46.3 Å². The largest absolute Gasteiger partial charge is 0.343 e. The van der Waals surface area contributed by atoms with Gasteiger partial charge >= 0.3 is 0 Å². The first-order valence-electron chi connectivity index (χ1n) is 10.6. The summed E-state index contributed by atoms with van der Waals surface area (Å²) in [6, 6.07) is 8.09. The van der Waals surface area contributed by atoms with Crippen LogP contribution < -0.4 is 0 Å². The highest BCUT2D eigenvalue weighted by Gasteiger charge is 2.34. The molecule has 1 aromatic carbocycles. The van der Waals surface area contributed by atoms with Gasteiger partial charge in [0.1, 0.15) is 0 Å². The quantitative estimate of drug-likeness (QED) is 0.435. The van der Waals surface area contributed by atoms with Gasteiger partial charge in [0.05, 0.1) is 11.3 Å². The number of thiophene rings is 1. The number of carbonyl (C=O) groups excluding carboxylic acids is 2. The predicted octanol–water partition coefficient (Wildman–Crippen LogP) is 6.35. The normalized spacial score (nSPS) is 12.0. The summed E-state index contributed by atoms with van der Waals surface area (Å²) in [7, 11) is 0. The van der Waals surface area contributed by atoms with Gasteiger partial charge in [-0.05, 0) is 49.1 Å². The highest BCUT2D eigenvalue weighted by atomic mass is 32.1. The number of ketones is 1. The molecule has 0 aliphatic heterocycles. The molecule has 0 bridgehead atoms. The lowest BCUT2D eigenvalue weighted by Gasteiger charge is -2.25. The number of nitrogens with zero attached hydrogens (tertiary/aromatic N) is 1. The smallest absolute Gasteiger partial charge is 0.227 e. The van der Waals surface area contributed by atoms with Crippen LogP contribution in [0.1, 0.15) is 76.0 Å². The number of fused-ring (bicyclic) bond motifs is 1. The van der Waals surface area contributed by atoms with Gasteiger partial charge in [0, 0.05) is 23.2 Å². The molecule has 0 saturated heterocycles. The third kappa shape index (κ3) is 4.83. The maximum atomic E-state index is 13.4. The summed E-state index contributed by atoms with van der Waals surface area (Å²) in [5.74, 6) is 0.873. The van der Waals surface area contributed by atoms with Crippen LogP contribution in [0.5, 0.6) is 0 Å². The van der Waals surface area contributed by atoms with Crippen LogP contribution in [-0.4, -0.2) is 29.7 Å². The van der Waals surface area contributed by atoms with Crippen LogP contribution >= 0.6 is 11.3 Å². The lowest BCUT2D eigenvalue weighted by Crippen LogP contribution is -2.34. The zero-order valence-electron chi connectivity index (χ0n) is 18.3. The van der Waals surface area contributed by atoms with Crippen LogP contribution in [-0.2, 0) is 11.2 Å². The molecule has 1 aromatic heterocycles. The summed E-state index contributed by atoms with van der Waals surface area (Å²) in [4.78, 5) is 29.2. The molecule has 2 rings (SSSR count). The Bertz CT molecular complexity index is 817. The molecule has 0 N–H and O–H groups in total. The molecule has 28 heavy (non-hydrogen) atoms. The van der Waals surface area contributed by atoms with Crippen molar-refractivity contribution < 1.29 is 9.59 Å². The van der Waals surface area contributed by atoms with Crippen molar-refractivity contribution in [3.63, 3.8) is 0 Å². The second-order valence-electron chi connectivity index (χ2n) is 8.34. The van der Waals surface area contributed by atoms with Crippen molar-refractivity contribution in [1.82, 2.24) is 4.90 Å². The van der Waals surface area contributed by atoms with Crippen LogP contribution in [0.15, 0.2) is 24.3 Å². The molecule has 0 radical (unpaired) electrons. The van der Waals surface area contributed by atoms with E-state index in [1.807, 2.05) is 36.9 Å². The highest BCUT2D eigenvalue weighted by Crippen LogP contribution is 2.38. The average molecular weight is 402 g/mol. The Balaban J connectivity index is 2.42. The molecule has 0 aliphatic carbocycles. The summed E-state index contributed by atoms with van der Waals surface area (Å²) in [5.41, 5.74) is 0.549. The molecule has 0 saturated carbocycles. The van der Waals surface area contributed by atoms with Crippen LogP contribution in [0.25, 0.3) is 10.1 Å². The zero-order chi connectivity index (χ0) is 20.9. The minimum atomic E-state index is -0.374. The minimum Gasteiger partial charge on any atom is -0.343 e. The van der Waals surface area contributed by atoms with E-state index < -0.39 is 0 Å². The Kier molecular flexibility index (Phi) is 7.82. The Morgan fingerprint density at radius 3 is 2.32 bits per heavy atom. The molecule has 1 heterocycles. The zero-order valence-corrected chi connectivity index (χ0v) is 19.1. The number of benzene rings is 1. The van der Waals surface area contributed by atoms with E-state index in [4.69, 9.17) is 0 Å². The molecule has 0 spiro atoms. The van der Waals surface area contributed by atoms with Crippen LogP contribution in [0, 0.1) is 11.3 Å². The first-order valence-corrected chi connectivity index (χ1v) is 11.4. The molecular formula is C24H35NO2S. The fourth-order valence-electron chi connectivity index (χ4n) is 3.44. The second-order valence-corrected chi connectivity index (χ2v) is 9.39. The van der Waals surface area contributed by atoms with Gasteiger partial charge in [-0.3, -0.25) is 9.59 Å². The summed E-state index contributed by atoms with van der Waals surface area (Å²) < 4.78 is 1.09. The molecule has 2 aromatic rings. The van der Waals surface area contributed by atoms with E-state index in [0.29, 0.717) is 18.9 Å². The molecule has 0 aliphatic rings. The Morgan fingerprint density at radius 2 is 1.75 bits per heavy atom. The SMILES string of the molecule is CCN(CCC(C)C)C(=O)Cc1c(C(=O)C(C)(CC)CC)sc2ccccc12. The summed E-state index contributed by atoms with van der Waals surface area (Å²) in [6.45, 7) is 14.1. The van der Waals surface area contributed by atoms with E-state index in [1.165, 1.54) is 0 Å². The summed E-state index contributed by atoms with van der Waals surface area (Å²) in [6.07, 6.45) is 2.92. The number of carbonyl (C=O) groups is 2. The molecule has 0 atom stereocenters. The highest BCUT2D eigenvalue weighted by molar-refractivity contribution is 7.21. The van der Waals surface area contributed by atoms with Gasteiger partial charge in [0.25, 0.3) is 0 Å². The van der Waals surface area contributed by atoms with Gasteiger partial charge in [0.2, 0.25) is 5.91 Å². The number of amides is 1. The minimum absolute atomic E-state index is 0.121. The fourth-order valence-corrected chi connectivity index (χ4v) is 4.75. The first kappa shape index (κ1) is 22.6. The van der Waals surface area contributed by atoms with E-state index in [9.17, 15) is 9.59 Å². The lowest BCUT2D eigenvalue weighted by molar-refractivity contribution is -0.130. The summed E-state index contributed by atoms with van der Waals surface area (Å²) in [5, 5.41) is 1.05. The van der Waals surface area contributed by atoms with Crippen molar-refractivity contribution in [2.45, 2.75) is 67.2 Å². The van der Waals surface area contributed by atoms with E-state index in [1.54, 1.807) is 11.3 Å². The number of hydrogen-bond acceptors (Lipinski definition) is 3. The maximum Gasteiger partial charge on any atom is 0.227 e. The van der Waals surface area contributed by atoms with Crippen molar-refractivity contribution in [3.8, 4) is 0 Å². The average Bonchev–Trinajstić information content (AvgIpc) is 3.05. The van der Waals surface area contributed by atoms with Gasteiger partial charge < -0.3 is 4.90 Å². The van der Waals surface area contributed by atoms with Crippen LogP contribution in [0.4, 0.5) is 0 Å². The first-order chi connectivity index (χ1) is 13.3. The van der Waals surface area contributed by atoms with Crippen molar-refractivity contribution >= 4 is 33.1 Å². The van der Waals surface area contributed by atoms with E-state index in [-0.39, 0.29) is 17.1 Å². The number of Topliss-reactive ketones (excluding diaryl/α,β-unsaturated/α-hetero) is 1. The Labute approximate surface area is 174 Å². The molecule has 3 nitrogen and oxygen atoms in total. The summed E-state index contributed by atoms with van der Waals surface area (Å²) >= 11 is 1.55. The van der Waals surface area contributed by atoms with Gasteiger partial charge in [-0.1, -0.05) is 52.8 Å². The second kappa shape index (κ2) is 9.69. The van der Waals surface area contributed by atoms with Gasteiger partial charge in [-0.25, -0.2) is 0 Å². The van der Waals surface area contributed by atoms with Crippen LogP contribution in [0.2, 0.25) is 0 Å². The van der Waals surface area contributed by atoms with Crippen molar-refractivity contribution in [2.24, 2.45) is 11.3 Å². The number of likely N-dealkylation sites (N-methyl/N-ethyl adjacent to an activating group) is 1. The van der Waals surface area contributed by atoms with Crippen LogP contribution in [0.3, 0.4) is 0 Å². The lowest BCUT2D eigenvalue weighted by atomic mass is 9.79.